The van der Waals surface area contributed by atoms with Gasteiger partial charge in [-0.05, 0) is 44.4 Å². The molecule has 1 unspecified atom stereocenters. The van der Waals surface area contributed by atoms with E-state index in [1.165, 1.54) is 0 Å². The average molecular weight is 1010 g/mol. The molecule has 9 N–H and O–H groups in total. The number of carboxylic acids is 1. The number of aliphatic hydroxyl groups excluding tert-OH is 8. The average Bonchev–Trinajstić information content (AvgIpc) is 3.31. The first kappa shape index (κ1) is 61.8. The van der Waals surface area contributed by atoms with Crippen LogP contribution in [0, 0.1) is 5.92 Å². The molecule has 0 spiro atoms. The molecule has 0 bridgehead atoms. The van der Waals surface area contributed by atoms with Gasteiger partial charge in [0.2, 0.25) is 0 Å². The van der Waals surface area contributed by atoms with Crippen LogP contribution >= 0.6 is 0 Å². The minimum Gasteiger partial charge on any atom is -0.479 e. The van der Waals surface area contributed by atoms with E-state index in [2.05, 4.69) is 0 Å². The second-order valence-electron chi connectivity index (χ2n) is 19.6. The van der Waals surface area contributed by atoms with Gasteiger partial charge in [0.25, 0.3) is 0 Å². The zero-order valence-corrected chi connectivity index (χ0v) is 41.7. The highest BCUT2D eigenvalue weighted by Crippen LogP contribution is 2.32. The van der Waals surface area contributed by atoms with Gasteiger partial charge in [0.1, 0.15) is 49.3 Å². The molecule has 3 rings (SSSR count). The maximum absolute atomic E-state index is 13.0. The highest BCUT2D eigenvalue weighted by molar-refractivity contribution is 5.88. The number of Topliss-reactive ketones (excluding diaryl/α,β-unsaturated/α-hetero) is 1. The van der Waals surface area contributed by atoms with Crippen LogP contribution in [-0.2, 0) is 57.1 Å². The molecule has 408 valence electrons. The lowest BCUT2D eigenvalue weighted by molar-refractivity contribution is -0.371. The molecule has 0 saturated carbocycles. The number of esters is 2. The molecule has 3 aliphatic rings. The third-order valence-corrected chi connectivity index (χ3v) is 12.9. The molecule has 0 aromatic heterocycles. The first-order valence-corrected chi connectivity index (χ1v) is 25.7. The Bertz CT molecular complexity index is 1490. The molecular formula is C49H86O21. The largest absolute Gasteiger partial charge is 0.479 e. The summed E-state index contributed by atoms with van der Waals surface area (Å²) in [4.78, 5) is 47.8. The second kappa shape index (κ2) is 33.4. The van der Waals surface area contributed by atoms with Crippen LogP contribution in [0.25, 0.3) is 0 Å². The smallest absolute Gasteiger partial charge is 0.332 e. The van der Waals surface area contributed by atoms with Gasteiger partial charge in [0, 0.05) is 13.3 Å². The van der Waals surface area contributed by atoms with Crippen LogP contribution in [-0.4, -0.2) is 188 Å². The normalized spacial score (nSPS) is 30.2. The van der Waals surface area contributed by atoms with Gasteiger partial charge in [0.05, 0.1) is 31.5 Å². The molecule has 3 aliphatic heterocycles. The van der Waals surface area contributed by atoms with Gasteiger partial charge in [-0.25, -0.2) is 4.79 Å². The Hall–Kier alpha value is -2.48. The van der Waals surface area contributed by atoms with E-state index in [0.717, 1.165) is 96.8 Å². The maximum atomic E-state index is 13.0. The fourth-order valence-corrected chi connectivity index (χ4v) is 8.71. The number of hydrogen-bond donors (Lipinski definition) is 9. The van der Waals surface area contributed by atoms with Gasteiger partial charge >= 0.3 is 17.9 Å². The standard InChI is InChI=1S/C49H86O21/c1-5-6-20-31(21-19-24-33(52)32(51)22-17-15-13-11-9-7-8-10-12-14-16-18-23-34(53)46(61)62)67-48-44(39(56)35(54)26-64-48)70-49-45(41(58)37(28-65-49)66-30(4)50)69-47-43(60)42(59)40(57)36(68-47)27-63-38(55)25-29(2)3/h29,31-37,39-41,43-45,47-49,51-54,56-58,60H,5-28H2,1-4H3,(H,61,62)/t31-,32+,33-,34-,35-,36-,37-,39+,40-,41+,43-,44-,45-,47+,48?,49+/m0/s1. The number of carbonyl (C=O) groups excluding carboxylic acids is 3. The number of carbonyl (C=O) groups is 4. The SMILES string of the molecule is CCCC[C@@H](CCC[C@H](O)[C@H](O)CCCCCCCCCCCCCC[C@H](O)C(=O)O)OC1OC[C@H](O)[C@@H](O)[C@@H]1O[C@H]1OC[C@H](OC(C)=O)[C@@H](O)[C@@H]1O[C@H]1O[C@@H](COC(=O)CC(C)C)[C@H](O)C(=O)[C@@H]1O. The van der Waals surface area contributed by atoms with Crippen molar-refractivity contribution in [3.8, 4) is 0 Å². The summed E-state index contributed by atoms with van der Waals surface area (Å²) in [5.41, 5.74) is 0. The van der Waals surface area contributed by atoms with E-state index >= 15 is 0 Å². The van der Waals surface area contributed by atoms with Gasteiger partial charge < -0.3 is 83.9 Å². The van der Waals surface area contributed by atoms with E-state index in [-0.39, 0.29) is 18.9 Å². The molecule has 3 saturated heterocycles. The van der Waals surface area contributed by atoms with Crippen LogP contribution in [0.4, 0.5) is 0 Å². The second-order valence-corrected chi connectivity index (χ2v) is 19.6. The highest BCUT2D eigenvalue weighted by atomic mass is 16.8. The van der Waals surface area contributed by atoms with Crippen LogP contribution in [0.3, 0.4) is 0 Å². The number of ketones is 1. The van der Waals surface area contributed by atoms with Crippen molar-refractivity contribution in [1.82, 2.24) is 0 Å². The third kappa shape index (κ3) is 21.9. The maximum Gasteiger partial charge on any atom is 0.332 e. The number of hydrogen-bond acceptors (Lipinski definition) is 20. The molecule has 0 aromatic rings. The first-order valence-electron chi connectivity index (χ1n) is 25.7. The summed E-state index contributed by atoms with van der Waals surface area (Å²) >= 11 is 0. The van der Waals surface area contributed by atoms with E-state index < -0.39 is 135 Å². The Kier molecular flexibility index (Phi) is 29.5. The molecule has 0 aromatic carbocycles. The molecule has 70 heavy (non-hydrogen) atoms. The van der Waals surface area contributed by atoms with E-state index in [4.69, 9.17) is 43.0 Å². The molecule has 0 aliphatic carbocycles. The van der Waals surface area contributed by atoms with Gasteiger partial charge in [-0.2, -0.15) is 0 Å². The van der Waals surface area contributed by atoms with E-state index in [0.29, 0.717) is 38.5 Å². The van der Waals surface area contributed by atoms with Crippen LogP contribution in [0.15, 0.2) is 0 Å². The molecule has 0 amide bonds. The summed E-state index contributed by atoms with van der Waals surface area (Å²) in [5.74, 6) is -3.73. The lowest BCUT2D eigenvalue weighted by Crippen LogP contribution is -2.64. The summed E-state index contributed by atoms with van der Waals surface area (Å²) in [6, 6.07) is 0. The molecule has 21 nitrogen and oxygen atoms in total. The monoisotopic (exact) mass is 1010 g/mol. The van der Waals surface area contributed by atoms with Gasteiger partial charge in [-0.3, -0.25) is 14.4 Å². The fourth-order valence-electron chi connectivity index (χ4n) is 8.71. The number of ether oxygens (including phenoxy) is 8. The third-order valence-electron chi connectivity index (χ3n) is 12.9. The Balaban J connectivity index is 1.54. The van der Waals surface area contributed by atoms with Crippen LogP contribution in [0.5, 0.6) is 0 Å². The van der Waals surface area contributed by atoms with E-state index in [9.17, 15) is 60.0 Å². The summed E-state index contributed by atoms with van der Waals surface area (Å²) < 4.78 is 46.3. The summed E-state index contributed by atoms with van der Waals surface area (Å²) in [7, 11) is 0. The fraction of sp³-hybridized carbons (Fsp3) is 0.918. The van der Waals surface area contributed by atoms with Crippen LogP contribution in [0.2, 0.25) is 0 Å². The number of unbranched alkanes of at least 4 members (excludes halogenated alkanes) is 12. The van der Waals surface area contributed by atoms with Crippen molar-refractivity contribution in [2.45, 2.75) is 261 Å². The minimum atomic E-state index is -2.11. The van der Waals surface area contributed by atoms with Crippen molar-refractivity contribution < 1.29 is 103 Å². The molecule has 0 radical (unpaired) electrons. The van der Waals surface area contributed by atoms with E-state index in [1.807, 2.05) is 6.92 Å². The van der Waals surface area contributed by atoms with Crippen molar-refractivity contribution in [2.75, 3.05) is 19.8 Å². The Morgan fingerprint density at radius 2 is 1.19 bits per heavy atom. The van der Waals surface area contributed by atoms with Crippen molar-refractivity contribution in [3.05, 3.63) is 0 Å². The molecular weight excluding hydrogens is 925 g/mol. The lowest BCUT2D eigenvalue weighted by atomic mass is 9.98. The Morgan fingerprint density at radius 1 is 0.657 bits per heavy atom. The van der Waals surface area contributed by atoms with Gasteiger partial charge in [-0.1, -0.05) is 111 Å². The predicted octanol–water partition coefficient (Wildman–Crippen LogP) is 2.46. The zero-order chi connectivity index (χ0) is 51.8. The number of aliphatic carboxylic acids is 1. The molecule has 3 heterocycles. The minimum absolute atomic E-state index is 0.0446. The summed E-state index contributed by atoms with van der Waals surface area (Å²) in [5, 5.41) is 94.5. The Labute approximate surface area is 412 Å². The van der Waals surface area contributed by atoms with Crippen molar-refractivity contribution in [2.24, 2.45) is 5.92 Å². The zero-order valence-electron chi connectivity index (χ0n) is 41.7. The van der Waals surface area contributed by atoms with Crippen LogP contribution < -0.4 is 0 Å². The van der Waals surface area contributed by atoms with Gasteiger partial charge in [-0.15, -0.1) is 0 Å². The van der Waals surface area contributed by atoms with E-state index in [1.54, 1.807) is 13.8 Å². The van der Waals surface area contributed by atoms with Crippen molar-refractivity contribution >= 4 is 23.7 Å². The Morgan fingerprint density at radius 3 is 1.76 bits per heavy atom. The van der Waals surface area contributed by atoms with Crippen molar-refractivity contribution in [3.63, 3.8) is 0 Å². The van der Waals surface area contributed by atoms with Crippen molar-refractivity contribution in [1.29, 1.82) is 0 Å². The van der Waals surface area contributed by atoms with Crippen LogP contribution in [0.1, 0.15) is 163 Å². The molecule has 21 heteroatoms. The summed E-state index contributed by atoms with van der Waals surface area (Å²) in [6.07, 6.45) is -6.92. The number of aliphatic hydroxyl groups is 8. The first-order chi connectivity index (χ1) is 33.3. The highest BCUT2D eigenvalue weighted by Gasteiger charge is 2.52. The summed E-state index contributed by atoms with van der Waals surface area (Å²) in [6.45, 7) is 5.35. The quantitative estimate of drug-likeness (QED) is 0.0325. The van der Waals surface area contributed by atoms with Gasteiger partial charge in [0.15, 0.2) is 43.0 Å². The topological polar surface area (TPSA) is 324 Å². The number of rotatable bonds is 35. The lowest BCUT2D eigenvalue weighted by Gasteiger charge is -2.46. The molecule has 3 fully saturated rings. The predicted molar refractivity (Wildman–Crippen MR) is 247 cm³/mol. The number of carboxylic acid groups (broad SMARTS) is 1. The molecule has 16 atom stereocenters.